The molecule has 0 saturated heterocycles. The van der Waals surface area contributed by atoms with Crippen molar-refractivity contribution >= 4 is 5.91 Å². The first-order chi connectivity index (χ1) is 11.1. The van der Waals surface area contributed by atoms with E-state index in [1.807, 2.05) is 0 Å². The van der Waals surface area contributed by atoms with Gasteiger partial charge in [-0.1, -0.05) is 24.3 Å². The number of ether oxygens (including phenoxy) is 1. The second-order valence-corrected chi connectivity index (χ2v) is 5.78. The van der Waals surface area contributed by atoms with Gasteiger partial charge in [0.05, 0.1) is 0 Å². The third-order valence-corrected chi connectivity index (χ3v) is 4.13. The fourth-order valence-corrected chi connectivity index (χ4v) is 2.55. The fourth-order valence-electron chi connectivity index (χ4n) is 2.55. The van der Waals surface area contributed by atoms with Crippen LogP contribution < -0.4 is 10.1 Å². The molecular formula is C18H17F2NO2. The topological polar surface area (TPSA) is 38.3 Å². The lowest BCUT2D eigenvalue weighted by molar-refractivity contribution is -0.123. The quantitative estimate of drug-likeness (QED) is 0.888. The van der Waals surface area contributed by atoms with E-state index >= 15 is 0 Å². The van der Waals surface area contributed by atoms with Crippen LogP contribution in [0.3, 0.4) is 0 Å². The third-order valence-electron chi connectivity index (χ3n) is 4.13. The number of hydrogen-bond acceptors (Lipinski definition) is 2. The molecule has 120 valence electrons. The second-order valence-electron chi connectivity index (χ2n) is 5.78. The molecule has 1 N–H and O–H groups in total. The summed E-state index contributed by atoms with van der Waals surface area (Å²) in [6, 6.07) is 12.3. The lowest BCUT2D eigenvalue weighted by Crippen LogP contribution is -2.35. The number of nitrogens with one attached hydrogen (secondary N) is 1. The highest BCUT2D eigenvalue weighted by Crippen LogP contribution is 2.47. The van der Waals surface area contributed by atoms with Crippen LogP contribution >= 0.6 is 0 Å². The minimum atomic E-state index is -0.495. The van der Waals surface area contributed by atoms with Gasteiger partial charge in [0, 0.05) is 12.0 Å². The Morgan fingerprint density at radius 1 is 1.09 bits per heavy atom. The molecule has 0 unspecified atom stereocenters. The second kappa shape index (κ2) is 6.36. The number of para-hydroxylation sites is 1. The first kappa shape index (κ1) is 15.5. The highest BCUT2D eigenvalue weighted by molar-refractivity contribution is 5.77. The van der Waals surface area contributed by atoms with Crippen molar-refractivity contribution in [3.8, 4) is 5.75 Å². The standard InChI is InChI=1S/C18H17F2NO2/c19-14-7-5-13(6-8-14)18(9-10-18)12-21-17(22)11-23-16-4-2-1-3-15(16)20/h1-8H,9-12H2,(H,21,22). The molecule has 1 aliphatic rings. The lowest BCUT2D eigenvalue weighted by Gasteiger charge is -2.17. The molecule has 1 aliphatic carbocycles. The highest BCUT2D eigenvalue weighted by Gasteiger charge is 2.44. The number of hydrogen-bond donors (Lipinski definition) is 1. The molecule has 0 radical (unpaired) electrons. The Balaban J connectivity index is 1.51. The van der Waals surface area contributed by atoms with Gasteiger partial charge in [-0.25, -0.2) is 8.78 Å². The van der Waals surface area contributed by atoms with Crippen molar-refractivity contribution in [2.75, 3.05) is 13.2 Å². The monoisotopic (exact) mass is 317 g/mol. The summed E-state index contributed by atoms with van der Waals surface area (Å²) >= 11 is 0. The van der Waals surface area contributed by atoms with Gasteiger partial charge in [-0.3, -0.25) is 4.79 Å². The molecule has 0 aliphatic heterocycles. The van der Waals surface area contributed by atoms with E-state index in [1.54, 1.807) is 24.3 Å². The van der Waals surface area contributed by atoms with E-state index in [4.69, 9.17) is 4.74 Å². The SMILES string of the molecule is O=C(COc1ccccc1F)NCC1(c2ccc(F)cc2)CC1. The summed E-state index contributed by atoms with van der Waals surface area (Å²) in [6.45, 7) is 0.235. The van der Waals surface area contributed by atoms with Crippen LogP contribution in [-0.2, 0) is 10.2 Å². The van der Waals surface area contributed by atoms with Crippen LogP contribution in [0.25, 0.3) is 0 Å². The molecule has 5 heteroatoms. The van der Waals surface area contributed by atoms with Crippen molar-refractivity contribution < 1.29 is 18.3 Å². The van der Waals surface area contributed by atoms with E-state index in [1.165, 1.54) is 24.3 Å². The zero-order valence-corrected chi connectivity index (χ0v) is 12.5. The Morgan fingerprint density at radius 3 is 2.43 bits per heavy atom. The third kappa shape index (κ3) is 3.67. The maximum atomic E-state index is 13.4. The van der Waals surface area contributed by atoms with Gasteiger partial charge < -0.3 is 10.1 Å². The van der Waals surface area contributed by atoms with E-state index in [9.17, 15) is 13.6 Å². The first-order valence-electron chi connectivity index (χ1n) is 7.49. The van der Waals surface area contributed by atoms with Crippen LogP contribution in [-0.4, -0.2) is 19.1 Å². The lowest BCUT2D eigenvalue weighted by atomic mass is 9.96. The molecule has 0 spiro atoms. The van der Waals surface area contributed by atoms with E-state index in [0.29, 0.717) is 6.54 Å². The molecule has 2 aromatic carbocycles. The molecule has 1 fully saturated rings. The number of amides is 1. The molecule has 0 atom stereocenters. The zero-order valence-electron chi connectivity index (χ0n) is 12.5. The molecular weight excluding hydrogens is 300 g/mol. The predicted molar refractivity (Wildman–Crippen MR) is 82.2 cm³/mol. The van der Waals surface area contributed by atoms with Crippen LogP contribution in [0.5, 0.6) is 5.75 Å². The van der Waals surface area contributed by atoms with Crippen LogP contribution in [0, 0.1) is 11.6 Å². The highest BCUT2D eigenvalue weighted by atomic mass is 19.1. The molecule has 2 aromatic rings. The van der Waals surface area contributed by atoms with Crippen LogP contribution in [0.1, 0.15) is 18.4 Å². The number of benzene rings is 2. The van der Waals surface area contributed by atoms with Gasteiger partial charge in [0.2, 0.25) is 0 Å². The Kier molecular flexibility index (Phi) is 4.28. The maximum Gasteiger partial charge on any atom is 0.257 e. The summed E-state index contributed by atoms with van der Waals surface area (Å²) in [7, 11) is 0. The molecule has 0 heterocycles. The smallest absolute Gasteiger partial charge is 0.257 e. The molecule has 0 aromatic heterocycles. The van der Waals surface area contributed by atoms with Gasteiger partial charge in [0.25, 0.3) is 5.91 Å². The summed E-state index contributed by atoms with van der Waals surface area (Å²) in [5.41, 5.74) is 0.913. The summed E-state index contributed by atoms with van der Waals surface area (Å²) in [4.78, 5) is 11.9. The Hall–Kier alpha value is -2.43. The van der Waals surface area contributed by atoms with Crippen LogP contribution in [0.4, 0.5) is 8.78 Å². The zero-order chi connectivity index (χ0) is 16.3. The van der Waals surface area contributed by atoms with E-state index in [0.717, 1.165) is 18.4 Å². The maximum absolute atomic E-state index is 13.4. The van der Waals surface area contributed by atoms with Crippen molar-refractivity contribution in [3.63, 3.8) is 0 Å². The van der Waals surface area contributed by atoms with E-state index in [2.05, 4.69) is 5.32 Å². The Bertz CT molecular complexity index is 696. The van der Waals surface area contributed by atoms with Gasteiger partial charge in [0.1, 0.15) is 5.82 Å². The van der Waals surface area contributed by atoms with Gasteiger partial charge in [-0.15, -0.1) is 0 Å². The Morgan fingerprint density at radius 2 is 1.78 bits per heavy atom. The minimum absolute atomic E-state index is 0.0577. The van der Waals surface area contributed by atoms with Crippen molar-refractivity contribution in [1.82, 2.24) is 5.32 Å². The number of carbonyl (C=O) groups excluding carboxylic acids is 1. The number of rotatable bonds is 6. The first-order valence-corrected chi connectivity index (χ1v) is 7.49. The Labute approximate surface area is 133 Å². The van der Waals surface area contributed by atoms with Crippen LogP contribution in [0.15, 0.2) is 48.5 Å². The molecule has 23 heavy (non-hydrogen) atoms. The van der Waals surface area contributed by atoms with Crippen molar-refractivity contribution in [2.24, 2.45) is 0 Å². The van der Waals surface area contributed by atoms with Crippen LogP contribution in [0.2, 0.25) is 0 Å². The number of carbonyl (C=O) groups is 1. The molecule has 3 nitrogen and oxygen atoms in total. The van der Waals surface area contributed by atoms with E-state index in [-0.39, 0.29) is 29.5 Å². The van der Waals surface area contributed by atoms with Gasteiger partial charge in [0.15, 0.2) is 18.2 Å². The average Bonchev–Trinajstić information content (AvgIpc) is 3.34. The molecule has 1 amide bonds. The number of halogens is 2. The normalized spacial score (nSPS) is 15.0. The van der Waals surface area contributed by atoms with Gasteiger partial charge >= 0.3 is 0 Å². The van der Waals surface area contributed by atoms with Gasteiger partial charge in [-0.2, -0.15) is 0 Å². The minimum Gasteiger partial charge on any atom is -0.481 e. The summed E-state index contributed by atoms with van der Waals surface area (Å²) in [6.07, 6.45) is 1.90. The largest absolute Gasteiger partial charge is 0.481 e. The van der Waals surface area contributed by atoms with Crippen molar-refractivity contribution in [3.05, 3.63) is 65.7 Å². The van der Waals surface area contributed by atoms with Gasteiger partial charge in [-0.05, 0) is 42.7 Å². The van der Waals surface area contributed by atoms with E-state index < -0.39 is 5.82 Å². The predicted octanol–water partition coefficient (Wildman–Crippen LogP) is 3.19. The summed E-state index contributed by atoms with van der Waals surface area (Å²) < 4.78 is 31.5. The average molecular weight is 317 g/mol. The van der Waals surface area contributed by atoms with Crippen molar-refractivity contribution in [1.29, 1.82) is 0 Å². The fraction of sp³-hybridized carbons (Fsp3) is 0.278. The summed E-state index contributed by atoms with van der Waals surface area (Å²) in [5.74, 6) is -1.01. The molecule has 1 saturated carbocycles. The summed E-state index contributed by atoms with van der Waals surface area (Å²) in [5, 5.41) is 2.81. The molecule has 3 rings (SSSR count). The van der Waals surface area contributed by atoms with Crippen molar-refractivity contribution in [2.45, 2.75) is 18.3 Å². The molecule has 0 bridgehead atoms.